The first kappa shape index (κ1) is 31.2. The van der Waals surface area contributed by atoms with Crippen molar-refractivity contribution in [2.24, 2.45) is 28.6 Å². The van der Waals surface area contributed by atoms with Crippen LogP contribution in [0.3, 0.4) is 0 Å². The van der Waals surface area contributed by atoms with E-state index in [4.69, 9.17) is 14.2 Å². The minimum absolute atomic E-state index is 0.0172. The summed E-state index contributed by atoms with van der Waals surface area (Å²) in [6, 6.07) is 0. The molecule has 0 spiro atoms. The second-order valence-corrected chi connectivity index (χ2v) is 13.7. The number of hydrogen-bond donors (Lipinski definition) is 2. The second kappa shape index (κ2) is 11.5. The van der Waals surface area contributed by atoms with Crippen molar-refractivity contribution in [3.05, 3.63) is 11.6 Å². The molecule has 0 saturated heterocycles. The summed E-state index contributed by atoms with van der Waals surface area (Å²) >= 11 is 0. The molecular weight excluding hydrogens is 530 g/mol. The van der Waals surface area contributed by atoms with Gasteiger partial charge in [0.1, 0.15) is 17.0 Å². The van der Waals surface area contributed by atoms with E-state index in [1.54, 1.807) is 26.8 Å². The van der Waals surface area contributed by atoms with Gasteiger partial charge in [-0.1, -0.05) is 19.4 Å². The highest BCUT2D eigenvalue weighted by atomic mass is 16.7. The molecule has 4 aliphatic rings. The minimum atomic E-state index is -1.77. The molecule has 41 heavy (non-hydrogen) atoms. The number of carbonyl (C=O) groups excluding carboxylic acids is 5. The van der Waals surface area contributed by atoms with Crippen molar-refractivity contribution >= 4 is 29.6 Å². The van der Waals surface area contributed by atoms with Gasteiger partial charge in [0.25, 0.3) is 0 Å². The Bertz CT molecular complexity index is 1120. The summed E-state index contributed by atoms with van der Waals surface area (Å²) in [4.78, 5) is 62.8. The molecule has 4 aliphatic carbocycles. The maximum absolute atomic E-state index is 13.7. The normalized spacial score (nSPS) is 34.5. The molecule has 0 aromatic rings. The van der Waals surface area contributed by atoms with Crippen LogP contribution in [0.25, 0.3) is 0 Å². The Morgan fingerprint density at radius 1 is 1.05 bits per heavy atom. The average Bonchev–Trinajstić information content (AvgIpc) is 3.14. The zero-order valence-electron chi connectivity index (χ0n) is 25.0. The maximum atomic E-state index is 13.7. The fourth-order valence-corrected chi connectivity index (χ4v) is 8.02. The summed E-state index contributed by atoms with van der Waals surface area (Å²) < 4.78 is 15.2. The van der Waals surface area contributed by atoms with Crippen LogP contribution in [0.15, 0.2) is 11.6 Å². The van der Waals surface area contributed by atoms with Gasteiger partial charge in [-0.2, -0.15) is 0 Å². The summed E-state index contributed by atoms with van der Waals surface area (Å²) in [5.74, 6) is -0.635. The first-order valence-corrected chi connectivity index (χ1v) is 14.9. The quantitative estimate of drug-likeness (QED) is 0.316. The lowest BCUT2D eigenvalue weighted by Crippen LogP contribution is -2.61. The van der Waals surface area contributed by atoms with Gasteiger partial charge >= 0.3 is 12.2 Å². The Kier molecular flexibility index (Phi) is 8.75. The van der Waals surface area contributed by atoms with Gasteiger partial charge in [-0.05, 0) is 89.0 Å². The van der Waals surface area contributed by atoms with Crippen molar-refractivity contribution in [3.8, 4) is 0 Å². The number of aliphatic hydroxyl groups is 1. The summed E-state index contributed by atoms with van der Waals surface area (Å²) in [5.41, 5.74) is -2.58. The van der Waals surface area contributed by atoms with Crippen LogP contribution in [0.4, 0.5) is 9.59 Å². The van der Waals surface area contributed by atoms with Gasteiger partial charge in [0.2, 0.25) is 5.78 Å². The van der Waals surface area contributed by atoms with Gasteiger partial charge in [0.15, 0.2) is 12.4 Å². The Balaban J connectivity index is 1.27. The molecule has 228 valence electrons. The van der Waals surface area contributed by atoms with E-state index in [1.807, 2.05) is 6.92 Å². The van der Waals surface area contributed by atoms with Crippen molar-refractivity contribution in [2.75, 3.05) is 19.8 Å². The predicted octanol–water partition coefficient (Wildman–Crippen LogP) is 4.46. The fourth-order valence-electron chi connectivity index (χ4n) is 8.02. The van der Waals surface area contributed by atoms with E-state index in [1.165, 1.54) is 0 Å². The standard InChI is InChI=1S/C31H45NO9/c1-28(2,3)41-26(36)32-14-6-7-15-39-27(37)40-18-24(35)31(38)13-11-22-21-9-8-19-16-20(33)10-12-29(19,4)25(21)23(34)17-30(22,31)5/h16,21-22,25,38H,6-15,17-18H2,1-5H3,(H,32,36)/t21-,22-,25+,29-,30-,31-/m0/s1. The van der Waals surface area contributed by atoms with Crippen molar-refractivity contribution in [1.82, 2.24) is 5.32 Å². The Hall–Kier alpha value is -2.75. The van der Waals surface area contributed by atoms with E-state index in [-0.39, 0.29) is 54.2 Å². The fraction of sp³-hybridized carbons (Fsp3) is 0.774. The highest BCUT2D eigenvalue weighted by molar-refractivity contribution is 5.95. The van der Waals surface area contributed by atoms with Gasteiger partial charge in [-0.3, -0.25) is 14.4 Å². The highest BCUT2D eigenvalue weighted by Crippen LogP contribution is 2.66. The smallest absolute Gasteiger partial charge is 0.444 e. The van der Waals surface area contributed by atoms with Crippen molar-refractivity contribution < 1.29 is 43.3 Å². The minimum Gasteiger partial charge on any atom is -0.444 e. The van der Waals surface area contributed by atoms with Crippen LogP contribution in [-0.2, 0) is 28.6 Å². The van der Waals surface area contributed by atoms with E-state index < -0.39 is 41.3 Å². The number of amides is 1. The lowest BCUT2D eigenvalue weighted by molar-refractivity contribution is -0.170. The molecule has 0 heterocycles. The van der Waals surface area contributed by atoms with Gasteiger partial charge in [-0.15, -0.1) is 0 Å². The van der Waals surface area contributed by atoms with Crippen LogP contribution >= 0.6 is 0 Å². The molecule has 0 bridgehead atoms. The molecular formula is C31H45NO9. The average molecular weight is 576 g/mol. The third-order valence-electron chi connectivity index (χ3n) is 10.0. The largest absolute Gasteiger partial charge is 0.508 e. The van der Waals surface area contributed by atoms with Crippen LogP contribution in [0.5, 0.6) is 0 Å². The van der Waals surface area contributed by atoms with E-state index >= 15 is 0 Å². The number of ketones is 3. The van der Waals surface area contributed by atoms with Crippen molar-refractivity contribution in [2.45, 2.75) is 104 Å². The number of rotatable bonds is 8. The first-order valence-electron chi connectivity index (χ1n) is 14.9. The third kappa shape index (κ3) is 6.08. The number of hydrogen-bond acceptors (Lipinski definition) is 9. The maximum Gasteiger partial charge on any atom is 0.508 e. The van der Waals surface area contributed by atoms with E-state index in [0.29, 0.717) is 38.6 Å². The molecule has 10 nitrogen and oxygen atoms in total. The summed E-state index contributed by atoms with van der Waals surface area (Å²) in [6.45, 7) is 9.03. The number of carbonyl (C=O) groups is 5. The number of unbranched alkanes of at least 4 members (excludes halogenated alkanes) is 1. The van der Waals surface area contributed by atoms with Gasteiger partial charge < -0.3 is 24.6 Å². The number of ether oxygens (including phenoxy) is 3. The van der Waals surface area contributed by atoms with Crippen LogP contribution in [0.1, 0.15) is 92.4 Å². The topological polar surface area (TPSA) is 145 Å². The Morgan fingerprint density at radius 2 is 1.78 bits per heavy atom. The van der Waals surface area contributed by atoms with Crippen molar-refractivity contribution in [1.29, 1.82) is 0 Å². The molecule has 1 amide bonds. The highest BCUT2D eigenvalue weighted by Gasteiger charge is 2.68. The monoisotopic (exact) mass is 575 g/mol. The number of alkyl carbamates (subject to hydrolysis) is 1. The van der Waals surface area contributed by atoms with Crippen LogP contribution < -0.4 is 5.32 Å². The molecule has 3 fully saturated rings. The summed E-state index contributed by atoms with van der Waals surface area (Å²) in [5, 5.41) is 14.3. The molecule has 0 unspecified atom stereocenters. The zero-order chi connectivity index (χ0) is 30.2. The molecule has 4 rings (SSSR count). The molecule has 0 aromatic carbocycles. The predicted molar refractivity (Wildman–Crippen MR) is 148 cm³/mol. The van der Waals surface area contributed by atoms with E-state index in [9.17, 15) is 29.1 Å². The number of Topliss-reactive ketones (excluding diaryl/α,β-unsaturated/α-hetero) is 2. The number of fused-ring (bicyclic) bond motifs is 5. The zero-order valence-corrected chi connectivity index (χ0v) is 25.0. The summed E-state index contributed by atoms with van der Waals surface area (Å²) in [6.07, 6.45) is 4.76. The molecule has 6 atom stereocenters. The van der Waals surface area contributed by atoms with Crippen molar-refractivity contribution in [3.63, 3.8) is 0 Å². The van der Waals surface area contributed by atoms with E-state index in [0.717, 1.165) is 18.4 Å². The SMILES string of the molecule is CC(C)(C)OC(=O)NCCCCOC(=O)OCC(=O)[C@@]1(O)CC[C@H]2[C@@H]3CCC4=CC(=O)CC[C@]4(C)[C@H]3C(=O)C[C@@]21C. The number of nitrogens with one attached hydrogen (secondary N) is 1. The Morgan fingerprint density at radius 3 is 2.49 bits per heavy atom. The van der Waals surface area contributed by atoms with Crippen LogP contribution in [-0.4, -0.2) is 65.7 Å². The molecule has 0 radical (unpaired) electrons. The third-order valence-corrected chi connectivity index (χ3v) is 10.0. The van der Waals surface area contributed by atoms with Gasteiger partial charge in [0.05, 0.1) is 6.61 Å². The molecule has 2 N–H and O–H groups in total. The van der Waals surface area contributed by atoms with Crippen LogP contribution in [0, 0.1) is 28.6 Å². The molecule has 0 aliphatic heterocycles. The lowest BCUT2D eigenvalue weighted by Gasteiger charge is -2.57. The Labute approximate surface area is 241 Å². The second-order valence-electron chi connectivity index (χ2n) is 13.7. The molecule has 3 saturated carbocycles. The first-order chi connectivity index (χ1) is 19.1. The van der Waals surface area contributed by atoms with Gasteiger partial charge in [-0.25, -0.2) is 9.59 Å². The van der Waals surface area contributed by atoms with Crippen LogP contribution in [0.2, 0.25) is 0 Å². The van der Waals surface area contributed by atoms with E-state index in [2.05, 4.69) is 12.2 Å². The van der Waals surface area contributed by atoms with Gasteiger partial charge in [0, 0.05) is 30.7 Å². The molecule has 0 aromatic heterocycles. The lowest BCUT2D eigenvalue weighted by atomic mass is 9.46. The number of allylic oxidation sites excluding steroid dienone is 1. The molecule has 10 heteroatoms. The summed E-state index contributed by atoms with van der Waals surface area (Å²) in [7, 11) is 0.